The lowest BCUT2D eigenvalue weighted by atomic mass is 9.84. The molecular weight excluding hydrogens is 266 g/mol. The van der Waals surface area contributed by atoms with Crippen molar-refractivity contribution in [2.45, 2.75) is 38.8 Å². The van der Waals surface area contributed by atoms with Crippen molar-refractivity contribution in [2.75, 3.05) is 0 Å². The summed E-state index contributed by atoms with van der Waals surface area (Å²) < 4.78 is 0. The van der Waals surface area contributed by atoms with Crippen molar-refractivity contribution < 1.29 is 14.7 Å². The van der Waals surface area contributed by atoms with Gasteiger partial charge in [0.2, 0.25) is 6.41 Å². The SMILES string of the molecule is CCC(C(=O)O)(c1cccc(Cl)c1)N(C=O)C(C)C. The van der Waals surface area contributed by atoms with Gasteiger partial charge in [0, 0.05) is 11.1 Å². The molecular formula is C14H18ClNO3. The van der Waals surface area contributed by atoms with E-state index in [0.29, 0.717) is 17.0 Å². The summed E-state index contributed by atoms with van der Waals surface area (Å²) in [5, 5.41) is 10.1. The van der Waals surface area contributed by atoms with Gasteiger partial charge in [-0.25, -0.2) is 4.79 Å². The number of carbonyl (C=O) groups is 2. The smallest absolute Gasteiger partial charge is 0.334 e. The Hall–Kier alpha value is -1.55. The Kier molecular flexibility index (Phi) is 4.95. The normalized spacial score (nSPS) is 13.9. The first-order valence-corrected chi connectivity index (χ1v) is 6.51. The minimum atomic E-state index is -1.39. The molecule has 5 heteroatoms. The number of halogens is 1. The number of aliphatic carboxylic acids is 1. The van der Waals surface area contributed by atoms with Crippen molar-refractivity contribution in [1.29, 1.82) is 0 Å². The summed E-state index contributed by atoms with van der Waals surface area (Å²) in [4.78, 5) is 24.5. The Morgan fingerprint density at radius 3 is 2.53 bits per heavy atom. The summed E-state index contributed by atoms with van der Waals surface area (Å²) in [6.45, 7) is 5.31. The highest BCUT2D eigenvalue weighted by atomic mass is 35.5. The zero-order chi connectivity index (χ0) is 14.6. The van der Waals surface area contributed by atoms with Crippen LogP contribution in [0.25, 0.3) is 0 Å². The Bertz CT molecular complexity index is 476. The molecule has 19 heavy (non-hydrogen) atoms. The second-order valence-electron chi connectivity index (χ2n) is 4.64. The van der Waals surface area contributed by atoms with Crippen LogP contribution >= 0.6 is 11.6 Å². The highest BCUT2D eigenvalue weighted by Gasteiger charge is 2.45. The summed E-state index contributed by atoms with van der Waals surface area (Å²) in [5.41, 5.74) is -0.878. The standard InChI is InChI=1S/C14H18ClNO3/c1-4-14(13(18)19,16(9-17)10(2)3)11-6-5-7-12(15)8-11/h5-10H,4H2,1-3H3,(H,18,19). The fourth-order valence-corrected chi connectivity index (χ4v) is 2.51. The van der Waals surface area contributed by atoms with Crippen LogP contribution in [0.2, 0.25) is 5.02 Å². The Balaban J connectivity index is 3.50. The molecule has 1 rings (SSSR count). The molecule has 0 bridgehead atoms. The predicted molar refractivity (Wildman–Crippen MR) is 74.1 cm³/mol. The molecule has 1 aromatic carbocycles. The van der Waals surface area contributed by atoms with E-state index in [1.165, 1.54) is 4.90 Å². The zero-order valence-electron chi connectivity index (χ0n) is 11.3. The zero-order valence-corrected chi connectivity index (χ0v) is 12.0. The van der Waals surface area contributed by atoms with E-state index in [2.05, 4.69) is 0 Å². The van der Waals surface area contributed by atoms with E-state index in [1.54, 1.807) is 45.0 Å². The molecule has 104 valence electrons. The van der Waals surface area contributed by atoms with Crippen LogP contribution in [0.15, 0.2) is 24.3 Å². The van der Waals surface area contributed by atoms with Gasteiger partial charge in [0.05, 0.1) is 0 Å². The van der Waals surface area contributed by atoms with Crippen molar-refractivity contribution in [3.63, 3.8) is 0 Å². The van der Waals surface area contributed by atoms with Gasteiger partial charge >= 0.3 is 5.97 Å². The molecule has 0 aliphatic heterocycles. The molecule has 1 N–H and O–H groups in total. The molecule has 0 aliphatic rings. The van der Waals surface area contributed by atoms with Crippen LogP contribution in [0.3, 0.4) is 0 Å². The lowest BCUT2D eigenvalue weighted by molar-refractivity contribution is -0.158. The molecule has 0 fully saturated rings. The van der Waals surface area contributed by atoms with Crippen LogP contribution in [0.1, 0.15) is 32.8 Å². The van der Waals surface area contributed by atoms with E-state index in [0.717, 1.165) is 0 Å². The van der Waals surface area contributed by atoms with Crippen LogP contribution in [0.5, 0.6) is 0 Å². The summed E-state index contributed by atoms with van der Waals surface area (Å²) in [6.07, 6.45) is 0.850. The van der Waals surface area contributed by atoms with E-state index in [4.69, 9.17) is 11.6 Å². The lowest BCUT2D eigenvalue weighted by Gasteiger charge is -2.40. The summed E-state index contributed by atoms with van der Waals surface area (Å²) in [5.74, 6) is -1.06. The third-order valence-electron chi connectivity index (χ3n) is 3.28. The van der Waals surface area contributed by atoms with Gasteiger partial charge in [-0.15, -0.1) is 0 Å². The molecule has 0 aliphatic carbocycles. The fraction of sp³-hybridized carbons (Fsp3) is 0.429. The predicted octanol–water partition coefficient (Wildman–Crippen LogP) is 2.90. The number of hydrogen-bond acceptors (Lipinski definition) is 2. The Morgan fingerprint density at radius 1 is 1.53 bits per heavy atom. The maximum absolute atomic E-state index is 11.8. The average molecular weight is 284 g/mol. The highest BCUT2D eigenvalue weighted by molar-refractivity contribution is 6.30. The molecule has 1 unspecified atom stereocenters. The molecule has 0 heterocycles. The molecule has 1 amide bonds. The van der Waals surface area contributed by atoms with E-state index < -0.39 is 11.5 Å². The third kappa shape index (κ3) is 2.73. The molecule has 0 spiro atoms. The van der Waals surface area contributed by atoms with Gasteiger partial charge in [0.15, 0.2) is 5.54 Å². The topological polar surface area (TPSA) is 57.6 Å². The van der Waals surface area contributed by atoms with Gasteiger partial charge in [-0.1, -0.05) is 30.7 Å². The van der Waals surface area contributed by atoms with Crippen LogP contribution in [-0.2, 0) is 15.1 Å². The van der Waals surface area contributed by atoms with Gasteiger partial charge in [-0.05, 0) is 38.0 Å². The van der Waals surface area contributed by atoms with Gasteiger partial charge in [-0.2, -0.15) is 0 Å². The van der Waals surface area contributed by atoms with Crippen LogP contribution < -0.4 is 0 Å². The third-order valence-corrected chi connectivity index (χ3v) is 3.51. The maximum atomic E-state index is 11.8. The van der Waals surface area contributed by atoms with Gasteiger partial charge in [0.1, 0.15) is 0 Å². The average Bonchev–Trinajstić information content (AvgIpc) is 2.34. The van der Waals surface area contributed by atoms with E-state index in [1.807, 2.05) is 0 Å². The largest absolute Gasteiger partial charge is 0.479 e. The van der Waals surface area contributed by atoms with Crippen LogP contribution in [0, 0.1) is 0 Å². The summed E-state index contributed by atoms with van der Waals surface area (Å²) in [7, 11) is 0. The second kappa shape index (κ2) is 6.06. The number of carbonyl (C=O) groups excluding carboxylic acids is 1. The minimum Gasteiger partial charge on any atom is -0.479 e. The lowest BCUT2D eigenvalue weighted by Crippen LogP contribution is -2.54. The minimum absolute atomic E-state index is 0.229. The molecule has 0 saturated heterocycles. The second-order valence-corrected chi connectivity index (χ2v) is 5.07. The molecule has 4 nitrogen and oxygen atoms in total. The van der Waals surface area contributed by atoms with E-state index >= 15 is 0 Å². The van der Waals surface area contributed by atoms with Crippen LogP contribution in [0.4, 0.5) is 0 Å². The number of hydrogen-bond donors (Lipinski definition) is 1. The number of benzene rings is 1. The highest BCUT2D eigenvalue weighted by Crippen LogP contribution is 2.34. The summed E-state index contributed by atoms with van der Waals surface area (Å²) >= 11 is 5.94. The molecule has 0 radical (unpaired) electrons. The number of carboxylic acids is 1. The van der Waals surface area contributed by atoms with Gasteiger partial charge in [-0.3, -0.25) is 4.79 Å². The van der Waals surface area contributed by atoms with Crippen molar-refractivity contribution in [2.24, 2.45) is 0 Å². The Morgan fingerprint density at radius 2 is 2.16 bits per heavy atom. The molecule has 0 saturated carbocycles. The molecule has 1 aromatic rings. The van der Waals surface area contributed by atoms with Crippen LogP contribution in [-0.4, -0.2) is 28.4 Å². The van der Waals surface area contributed by atoms with Crippen molar-refractivity contribution in [1.82, 2.24) is 4.90 Å². The van der Waals surface area contributed by atoms with E-state index in [9.17, 15) is 14.7 Å². The van der Waals surface area contributed by atoms with Gasteiger partial charge < -0.3 is 10.0 Å². The monoisotopic (exact) mass is 283 g/mol. The fourth-order valence-electron chi connectivity index (χ4n) is 2.32. The first kappa shape index (κ1) is 15.5. The van der Waals surface area contributed by atoms with Crippen molar-refractivity contribution in [3.05, 3.63) is 34.9 Å². The number of rotatable bonds is 6. The first-order valence-electron chi connectivity index (χ1n) is 6.13. The summed E-state index contributed by atoms with van der Waals surface area (Å²) in [6, 6.07) is 6.41. The van der Waals surface area contributed by atoms with Gasteiger partial charge in [0.25, 0.3) is 0 Å². The number of nitrogens with zero attached hydrogens (tertiary/aromatic N) is 1. The number of amides is 1. The molecule has 1 atom stereocenters. The van der Waals surface area contributed by atoms with Crippen molar-refractivity contribution in [3.8, 4) is 0 Å². The maximum Gasteiger partial charge on any atom is 0.334 e. The number of carboxylic acid groups (broad SMARTS) is 1. The van der Waals surface area contributed by atoms with Crippen molar-refractivity contribution >= 4 is 24.0 Å². The van der Waals surface area contributed by atoms with E-state index in [-0.39, 0.29) is 12.5 Å². The quantitative estimate of drug-likeness (QED) is 0.817. The first-order chi connectivity index (χ1) is 8.90. The Labute approximate surface area is 118 Å². The molecule has 0 aromatic heterocycles.